The number of nitrogens with zero attached hydrogens (tertiary/aromatic N) is 2. The topological polar surface area (TPSA) is 32.8 Å². The van der Waals surface area contributed by atoms with Crippen molar-refractivity contribution in [1.82, 2.24) is 9.80 Å². The minimum absolute atomic E-state index is 0.0655. The van der Waals surface area contributed by atoms with Gasteiger partial charge in [0, 0.05) is 32.7 Å². The highest BCUT2D eigenvalue weighted by Crippen LogP contribution is 2.13. The minimum Gasteiger partial charge on any atom is -0.484 e. The van der Waals surface area contributed by atoms with E-state index in [1.807, 2.05) is 36.1 Å². The number of aryl methyl sites for hydroxylation is 2. The molecule has 1 aliphatic heterocycles. The molecule has 1 saturated heterocycles. The van der Waals surface area contributed by atoms with E-state index in [1.165, 1.54) is 16.7 Å². The highest BCUT2D eigenvalue weighted by Gasteiger charge is 2.21. The second-order valence-electron chi connectivity index (χ2n) is 6.75. The normalized spacial score (nSPS) is 15.2. The first-order chi connectivity index (χ1) is 12.1. The smallest absolute Gasteiger partial charge is 0.260 e. The van der Waals surface area contributed by atoms with Gasteiger partial charge in [-0.05, 0) is 31.5 Å². The summed E-state index contributed by atoms with van der Waals surface area (Å²) in [6, 6.07) is 16.4. The largest absolute Gasteiger partial charge is 0.484 e. The fourth-order valence-corrected chi connectivity index (χ4v) is 3.09. The zero-order valence-electron chi connectivity index (χ0n) is 15.1. The summed E-state index contributed by atoms with van der Waals surface area (Å²) >= 11 is 0. The van der Waals surface area contributed by atoms with E-state index in [0.717, 1.165) is 38.5 Å². The second kappa shape index (κ2) is 8.17. The van der Waals surface area contributed by atoms with Gasteiger partial charge in [0.1, 0.15) is 5.75 Å². The van der Waals surface area contributed by atoms with Crippen molar-refractivity contribution in [3.63, 3.8) is 0 Å². The fourth-order valence-electron chi connectivity index (χ4n) is 3.09. The van der Waals surface area contributed by atoms with Gasteiger partial charge in [0.15, 0.2) is 6.61 Å². The van der Waals surface area contributed by atoms with E-state index in [0.29, 0.717) is 0 Å². The van der Waals surface area contributed by atoms with Gasteiger partial charge in [-0.2, -0.15) is 0 Å². The number of amides is 1. The van der Waals surface area contributed by atoms with Crippen molar-refractivity contribution in [2.75, 3.05) is 32.8 Å². The Balaban J connectivity index is 1.43. The summed E-state index contributed by atoms with van der Waals surface area (Å²) in [5.74, 6) is 0.813. The highest BCUT2D eigenvalue weighted by molar-refractivity contribution is 5.77. The number of hydrogen-bond acceptors (Lipinski definition) is 3. The molecule has 0 saturated carbocycles. The van der Waals surface area contributed by atoms with E-state index < -0.39 is 0 Å². The molecule has 25 heavy (non-hydrogen) atoms. The van der Waals surface area contributed by atoms with E-state index in [4.69, 9.17) is 4.74 Å². The number of carbonyl (C=O) groups is 1. The third kappa shape index (κ3) is 5.07. The second-order valence-corrected chi connectivity index (χ2v) is 6.75. The summed E-state index contributed by atoms with van der Waals surface area (Å²) in [5, 5.41) is 0. The van der Waals surface area contributed by atoms with Crippen molar-refractivity contribution in [3.05, 3.63) is 65.2 Å². The third-order valence-electron chi connectivity index (χ3n) is 4.60. The lowest BCUT2D eigenvalue weighted by atomic mass is 10.1. The third-order valence-corrected chi connectivity index (χ3v) is 4.60. The van der Waals surface area contributed by atoms with Gasteiger partial charge >= 0.3 is 0 Å². The Morgan fingerprint density at radius 1 is 0.960 bits per heavy atom. The van der Waals surface area contributed by atoms with E-state index in [2.05, 4.69) is 36.1 Å². The van der Waals surface area contributed by atoms with E-state index >= 15 is 0 Å². The minimum atomic E-state index is 0.0655. The molecule has 0 aliphatic carbocycles. The zero-order valence-corrected chi connectivity index (χ0v) is 15.1. The van der Waals surface area contributed by atoms with Crippen molar-refractivity contribution in [2.24, 2.45) is 0 Å². The number of ether oxygens (including phenoxy) is 1. The van der Waals surface area contributed by atoms with Crippen LogP contribution in [-0.2, 0) is 11.3 Å². The molecule has 4 nitrogen and oxygen atoms in total. The molecule has 1 amide bonds. The van der Waals surface area contributed by atoms with Crippen LogP contribution in [0, 0.1) is 13.8 Å². The molecule has 0 spiro atoms. The molecule has 2 aromatic carbocycles. The Bertz CT molecular complexity index is 704. The van der Waals surface area contributed by atoms with Crippen LogP contribution >= 0.6 is 0 Å². The van der Waals surface area contributed by atoms with Gasteiger partial charge in [0.2, 0.25) is 0 Å². The van der Waals surface area contributed by atoms with Crippen LogP contribution in [-0.4, -0.2) is 48.5 Å². The van der Waals surface area contributed by atoms with Gasteiger partial charge in [0.05, 0.1) is 0 Å². The van der Waals surface area contributed by atoms with E-state index in [-0.39, 0.29) is 12.5 Å². The molecule has 0 unspecified atom stereocenters. The van der Waals surface area contributed by atoms with Crippen LogP contribution in [0.15, 0.2) is 48.5 Å². The molecule has 132 valence electrons. The summed E-state index contributed by atoms with van der Waals surface area (Å²) in [6.45, 7) is 8.56. The van der Waals surface area contributed by atoms with Crippen molar-refractivity contribution in [3.8, 4) is 5.75 Å². The number of hydrogen-bond donors (Lipinski definition) is 0. The van der Waals surface area contributed by atoms with Crippen LogP contribution in [0.4, 0.5) is 0 Å². The predicted octanol–water partition coefficient (Wildman–Crippen LogP) is 3.03. The SMILES string of the molecule is Cc1ccc(OCC(=O)N2CCN(Cc3cccc(C)c3)CC2)cc1. The fraction of sp³-hybridized carbons (Fsp3) is 0.381. The molecule has 1 aliphatic rings. The van der Waals surface area contributed by atoms with Crippen molar-refractivity contribution in [2.45, 2.75) is 20.4 Å². The maximum atomic E-state index is 12.3. The van der Waals surface area contributed by atoms with Crippen LogP contribution < -0.4 is 4.74 Å². The standard InChI is InChI=1S/C21H26N2O2/c1-17-6-8-20(9-7-17)25-16-21(24)23-12-10-22(11-13-23)15-19-5-3-4-18(2)14-19/h3-9,14H,10-13,15-16H2,1-2H3. The molecule has 1 heterocycles. The molecule has 1 fully saturated rings. The Morgan fingerprint density at radius 2 is 1.68 bits per heavy atom. The van der Waals surface area contributed by atoms with Crippen LogP contribution in [0.2, 0.25) is 0 Å². The average Bonchev–Trinajstić information content (AvgIpc) is 2.62. The quantitative estimate of drug-likeness (QED) is 0.840. The Labute approximate surface area is 150 Å². The highest BCUT2D eigenvalue weighted by atomic mass is 16.5. The number of rotatable bonds is 5. The summed E-state index contributed by atoms with van der Waals surface area (Å²) in [5.41, 5.74) is 3.81. The lowest BCUT2D eigenvalue weighted by Gasteiger charge is -2.34. The zero-order chi connectivity index (χ0) is 17.6. The molecule has 0 N–H and O–H groups in total. The van der Waals surface area contributed by atoms with Crippen molar-refractivity contribution >= 4 is 5.91 Å². The first-order valence-electron chi connectivity index (χ1n) is 8.85. The van der Waals surface area contributed by atoms with Gasteiger partial charge in [-0.1, -0.05) is 47.5 Å². The molecule has 3 rings (SSSR count). The summed E-state index contributed by atoms with van der Waals surface area (Å²) in [7, 11) is 0. The van der Waals surface area contributed by atoms with Crippen LogP contribution in [0.3, 0.4) is 0 Å². The summed E-state index contributed by atoms with van der Waals surface area (Å²) < 4.78 is 5.61. The summed E-state index contributed by atoms with van der Waals surface area (Å²) in [4.78, 5) is 16.6. The molecular weight excluding hydrogens is 312 g/mol. The van der Waals surface area contributed by atoms with Gasteiger partial charge in [-0.25, -0.2) is 0 Å². The number of piperazine rings is 1. The maximum Gasteiger partial charge on any atom is 0.260 e. The van der Waals surface area contributed by atoms with Gasteiger partial charge < -0.3 is 9.64 Å². The first kappa shape index (κ1) is 17.5. The first-order valence-corrected chi connectivity index (χ1v) is 8.85. The molecule has 0 radical (unpaired) electrons. The van der Waals surface area contributed by atoms with Crippen molar-refractivity contribution < 1.29 is 9.53 Å². The number of benzene rings is 2. The Kier molecular flexibility index (Phi) is 5.71. The van der Waals surface area contributed by atoms with Gasteiger partial charge in [0.25, 0.3) is 5.91 Å². The Hall–Kier alpha value is -2.33. The average molecular weight is 338 g/mol. The molecule has 0 aromatic heterocycles. The molecule has 2 aromatic rings. The lowest BCUT2D eigenvalue weighted by Crippen LogP contribution is -2.49. The van der Waals surface area contributed by atoms with Gasteiger partial charge in [-0.15, -0.1) is 0 Å². The van der Waals surface area contributed by atoms with Crippen LogP contribution in [0.25, 0.3) is 0 Å². The summed E-state index contributed by atoms with van der Waals surface area (Å²) in [6.07, 6.45) is 0. The Morgan fingerprint density at radius 3 is 2.36 bits per heavy atom. The van der Waals surface area contributed by atoms with Crippen LogP contribution in [0.1, 0.15) is 16.7 Å². The van der Waals surface area contributed by atoms with E-state index in [1.54, 1.807) is 0 Å². The molecule has 0 atom stereocenters. The molecule has 0 bridgehead atoms. The van der Waals surface area contributed by atoms with Crippen molar-refractivity contribution in [1.29, 1.82) is 0 Å². The van der Waals surface area contributed by atoms with Crippen LogP contribution in [0.5, 0.6) is 5.75 Å². The predicted molar refractivity (Wildman–Crippen MR) is 99.7 cm³/mol. The maximum absolute atomic E-state index is 12.3. The molecule has 4 heteroatoms. The van der Waals surface area contributed by atoms with E-state index in [9.17, 15) is 4.79 Å². The monoisotopic (exact) mass is 338 g/mol. The molecular formula is C21H26N2O2. The van der Waals surface area contributed by atoms with Gasteiger partial charge in [-0.3, -0.25) is 9.69 Å². The lowest BCUT2D eigenvalue weighted by molar-refractivity contribution is -0.135. The number of carbonyl (C=O) groups excluding carboxylic acids is 1.